The number of nitrogens with zero attached hydrogens (tertiary/aromatic N) is 2. The van der Waals surface area contributed by atoms with Crippen molar-refractivity contribution in [3.8, 4) is 44.8 Å². The number of hydrogen-bond acceptors (Lipinski definition) is 2. The molecule has 0 saturated heterocycles. The van der Waals surface area contributed by atoms with Crippen molar-refractivity contribution >= 4 is 107 Å². The van der Waals surface area contributed by atoms with Crippen LogP contribution >= 0.6 is 22.7 Å². The van der Waals surface area contributed by atoms with E-state index in [1.54, 1.807) is 0 Å². The molecule has 298 valence electrons. The Kier molecular flexibility index (Phi) is 7.76. The van der Waals surface area contributed by atoms with E-state index in [1.807, 2.05) is 22.7 Å². The van der Waals surface area contributed by atoms with Gasteiger partial charge in [0.25, 0.3) is 0 Å². The van der Waals surface area contributed by atoms with E-state index in [0.29, 0.717) is 0 Å². The first-order chi connectivity index (χ1) is 31.7. The van der Waals surface area contributed by atoms with Gasteiger partial charge in [-0.05, 0) is 106 Å². The fourth-order valence-electron chi connectivity index (χ4n) is 10.4. The average Bonchev–Trinajstić information content (AvgIpc) is 4.12. The van der Waals surface area contributed by atoms with E-state index in [2.05, 4.69) is 228 Å². The SMILES string of the molecule is c1ccc2c(c1)sc1c(-c3ccc(-n4c5ccccc5c5cc(-c6ccc7c(c6)c6ccccc6n7-c6ccc(-c7cccc8c7sc7ccccc78)cc6)ccc54)cc3)cccc12. The lowest BCUT2D eigenvalue weighted by molar-refractivity contribution is 1.18. The van der Waals surface area contributed by atoms with Crippen molar-refractivity contribution in [3.63, 3.8) is 0 Å². The smallest absolute Gasteiger partial charge is 0.0541 e. The minimum atomic E-state index is 1.16. The Bertz CT molecular complexity index is 3900. The molecule has 0 N–H and O–H groups in total. The number of fused-ring (bicyclic) bond motifs is 12. The molecule has 0 amide bonds. The fourth-order valence-corrected chi connectivity index (χ4v) is 12.9. The van der Waals surface area contributed by atoms with Crippen LogP contribution in [-0.4, -0.2) is 9.13 Å². The van der Waals surface area contributed by atoms with E-state index in [-0.39, 0.29) is 0 Å². The molecule has 0 fully saturated rings. The van der Waals surface area contributed by atoms with Crippen LogP contribution in [0.15, 0.2) is 218 Å². The molecule has 0 unspecified atom stereocenters. The van der Waals surface area contributed by atoms with Crippen LogP contribution in [0.2, 0.25) is 0 Å². The lowest BCUT2D eigenvalue weighted by Crippen LogP contribution is -1.94. The third kappa shape index (κ3) is 5.30. The average molecular weight is 849 g/mol. The van der Waals surface area contributed by atoms with Gasteiger partial charge in [-0.1, -0.05) is 146 Å². The van der Waals surface area contributed by atoms with Crippen molar-refractivity contribution in [2.45, 2.75) is 0 Å². The summed E-state index contributed by atoms with van der Waals surface area (Å²) < 4.78 is 10.2. The van der Waals surface area contributed by atoms with E-state index in [0.717, 1.165) is 11.4 Å². The van der Waals surface area contributed by atoms with Crippen LogP contribution in [0, 0.1) is 0 Å². The van der Waals surface area contributed by atoms with Crippen LogP contribution in [0.3, 0.4) is 0 Å². The second kappa shape index (κ2) is 13.9. The molecule has 0 radical (unpaired) electrons. The molecule has 10 aromatic carbocycles. The highest BCUT2D eigenvalue weighted by Crippen LogP contribution is 2.43. The van der Waals surface area contributed by atoms with Crippen LogP contribution < -0.4 is 0 Å². The van der Waals surface area contributed by atoms with Crippen molar-refractivity contribution in [1.82, 2.24) is 9.13 Å². The molecule has 4 heteroatoms. The summed E-state index contributed by atoms with van der Waals surface area (Å²) in [6, 6.07) is 80.8. The summed E-state index contributed by atoms with van der Waals surface area (Å²) in [6.07, 6.45) is 0. The summed E-state index contributed by atoms with van der Waals surface area (Å²) in [4.78, 5) is 0. The zero-order chi connectivity index (χ0) is 41.9. The summed E-state index contributed by atoms with van der Waals surface area (Å²) in [7, 11) is 0. The van der Waals surface area contributed by atoms with Gasteiger partial charge in [-0.3, -0.25) is 0 Å². The summed E-state index contributed by atoms with van der Waals surface area (Å²) >= 11 is 3.77. The molecule has 0 aliphatic rings. The van der Waals surface area contributed by atoms with Crippen molar-refractivity contribution in [1.29, 1.82) is 0 Å². The first-order valence-electron chi connectivity index (χ1n) is 21.8. The normalized spacial score (nSPS) is 12.1. The third-order valence-electron chi connectivity index (χ3n) is 13.4. The summed E-state index contributed by atoms with van der Waals surface area (Å²) in [5, 5.41) is 10.3. The molecule has 0 atom stereocenters. The van der Waals surface area contributed by atoms with Gasteiger partial charge in [-0.2, -0.15) is 0 Å². The van der Waals surface area contributed by atoms with Crippen molar-refractivity contribution < 1.29 is 0 Å². The second-order valence-electron chi connectivity index (χ2n) is 16.8. The Morgan fingerprint density at radius 3 is 1.06 bits per heavy atom. The third-order valence-corrected chi connectivity index (χ3v) is 15.8. The molecule has 0 bridgehead atoms. The molecular weight excluding hydrogens is 813 g/mol. The molecule has 14 aromatic rings. The Labute approximate surface area is 376 Å². The number of aromatic nitrogens is 2. The topological polar surface area (TPSA) is 9.86 Å². The van der Waals surface area contributed by atoms with E-state index in [9.17, 15) is 0 Å². The van der Waals surface area contributed by atoms with Gasteiger partial charge in [0.1, 0.15) is 0 Å². The number of thiophene rings is 2. The molecule has 0 aliphatic carbocycles. The van der Waals surface area contributed by atoms with E-state index >= 15 is 0 Å². The summed E-state index contributed by atoms with van der Waals surface area (Å²) in [6.45, 7) is 0. The summed E-state index contributed by atoms with van der Waals surface area (Å²) in [5.41, 5.74) is 14.6. The van der Waals surface area contributed by atoms with Crippen molar-refractivity contribution in [2.24, 2.45) is 0 Å². The Morgan fingerprint density at radius 2 is 0.609 bits per heavy atom. The minimum Gasteiger partial charge on any atom is -0.309 e. The minimum absolute atomic E-state index is 1.16. The fraction of sp³-hybridized carbons (Fsp3) is 0. The van der Waals surface area contributed by atoms with Gasteiger partial charge < -0.3 is 9.13 Å². The van der Waals surface area contributed by atoms with E-state index < -0.39 is 0 Å². The largest absolute Gasteiger partial charge is 0.309 e. The zero-order valence-corrected chi connectivity index (χ0v) is 36.1. The predicted molar refractivity (Wildman–Crippen MR) is 277 cm³/mol. The molecule has 0 spiro atoms. The number of rotatable bonds is 5. The lowest BCUT2D eigenvalue weighted by Gasteiger charge is -2.11. The number of hydrogen-bond donors (Lipinski definition) is 0. The highest BCUT2D eigenvalue weighted by atomic mass is 32.1. The highest BCUT2D eigenvalue weighted by Gasteiger charge is 2.18. The van der Waals surface area contributed by atoms with Crippen molar-refractivity contribution in [3.05, 3.63) is 218 Å². The zero-order valence-electron chi connectivity index (χ0n) is 34.5. The molecule has 14 rings (SSSR count). The summed E-state index contributed by atoms with van der Waals surface area (Å²) in [5.74, 6) is 0. The maximum atomic E-state index is 2.42. The van der Waals surface area contributed by atoms with Crippen LogP contribution in [0.5, 0.6) is 0 Å². The van der Waals surface area contributed by atoms with Gasteiger partial charge in [0.15, 0.2) is 0 Å². The maximum Gasteiger partial charge on any atom is 0.0541 e. The first kappa shape index (κ1) is 35.8. The van der Waals surface area contributed by atoms with Gasteiger partial charge in [-0.25, -0.2) is 0 Å². The van der Waals surface area contributed by atoms with Gasteiger partial charge in [0.2, 0.25) is 0 Å². The second-order valence-corrected chi connectivity index (χ2v) is 18.9. The van der Waals surface area contributed by atoms with Gasteiger partial charge in [-0.15, -0.1) is 22.7 Å². The lowest BCUT2D eigenvalue weighted by atomic mass is 10.0. The van der Waals surface area contributed by atoms with E-state index in [1.165, 1.54) is 117 Å². The Balaban J connectivity index is 0.843. The molecule has 4 aromatic heterocycles. The number of benzene rings is 10. The van der Waals surface area contributed by atoms with Crippen LogP contribution in [0.4, 0.5) is 0 Å². The van der Waals surface area contributed by atoms with Gasteiger partial charge >= 0.3 is 0 Å². The molecule has 2 nitrogen and oxygen atoms in total. The van der Waals surface area contributed by atoms with Gasteiger partial charge in [0, 0.05) is 73.3 Å². The molecule has 64 heavy (non-hydrogen) atoms. The Hall–Kier alpha value is -7.76. The Morgan fingerprint density at radius 1 is 0.250 bits per heavy atom. The van der Waals surface area contributed by atoms with Crippen LogP contribution in [-0.2, 0) is 0 Å². The molecule has 0 aliphatic heterocycles. The molecular formula is C60H36N2S2. The standard InChI is InChI=1S/C60H36N2S2/c1-5-19-53-45(11-1)51-35-39(27-33-55(51)61(53)41-29-23-37(24-30-41)43-15-9-17-49-47-13-3-7-21-57(47)63-59(43)49)40-28-34-56-52(36-40)46-12-2-6-20-54(46)62(56)42-31-25-38(26-32-42)44-16-10-18-50-48-14-4-8-22-58(48)64-60(44)50/h1-36H. The number of para-hydroxylation sites is 2. The predicted octanol–water partition coefficient (Wildman–Crippen LogP) is 17.6. The maximum absolute atomic E-state index is 2.42. The van der Waals surface area contributed by atoms with Crippen LogP contribution in [0.1, 0.15) is 0 Å². The van der Waals surface area contributed by atoms with Crippen LogP contribution in [0.25, 0.3) is 129 Å². The highest BCUT2D eigenvalue weighted by molar-refractivity contribution is 7.26. The monoisotopic (exact) mass is 848 g/mol. The molecule has 4 heterocycles. The van der Waals surface area contributed by atoms with E-state index in [4.69, 9.17) is 0 Å². The quantitative estimate of drug-likeness (QED) is 0.163. The van der Waals surface area contributed by atoms with Crippen molar-refractivity contribution in [2.75, 3.05) is 0 Å². The molecule has 0 saturated carbocycles. The first-order valence-corrected chi connectivity index (χ1v) is 23.5. The van der Waals surface area contributed by atoms with Gasteiger partial charge in [0.05, 0.1) is 22.1 Å².